The van der Waals surface area contributed by atoms with Gasteiger partial charge in [0, 0.05) is 17.5 Å². The lowest BCUT2D eigenvalue weighted by Crippen LogP contribution is -2.30. The van der Waals surface area contributed by atoms with Crippen molar-refractivity contribution in [3.05, 3.63) is 29.3 Å². The number of carbonyl (C=O) groups is 2. The summed E-state index contributed by atoms with van der Waals surface area (Å²) in [6, 6.07) is 5.30. The highest BCUT2D eigenvalue weighted by molar-refractivity contribution is 6.01. The van der Waals surface area contributed by atoms with Crippen LogP contribution in [0.3, 0.4) is 0 Å². The molecule has 1 aromatic carbocycles. The topological polar surface area (TPSA) is 69.4 Å². The molecule has 0 radical (unpaired) electrons. The van der Waals surface area contributed by atoms with Crippen molar-refractivity contribution in [1.29, 1.82) is 0 Å². The summed E-state index contributed by atoms with van der Waals surface area (Å²) in [6.07, 6.45) is 0.512. The highest BCUT2D eigenvalue weighted by Gasteiger charge is 2.23. The molecule has 0 fully saturated rings. The molecule has 0 saturated carbocycles. The zero-order chi connectivity index (χ0) is 11.7. The minimum Gasteiger partial charge on any atom is -0.481 e. The number of benzene rings is 1. The molecule has 1 atom stereocenters. The average Bonchev–Trinajstić information content (AvgIpc) is 2.62. The number of fused-ring (bicyclic) bond motifs is 1. The molecule has 1 aliphatic carbocycles. The van der Waals surface area contributed by atoms with Crippen molar-refractivity contribution in [1.82, 2.24) is 0 Å². The third-order valence-corrected chi connectivity index (χ3v) is 2.74. The fourth-order valence-electron chi connectivity index (χ4n) is 1.82. The maximum atomic E-state index is 11.5. The van der Waals surface area contributed by atoms with Crippen molar-refractivity contribution >= 4 is 11.7 Å². The minimum atomic E-state index is -0.679. The van der Waals surface area contributed by atoms with Gasteiger partial charge >= 0.3 is 0 Å². The Morgan fingerprint density at radius 3 is 2.88 bits per heavy atom. The molecule has 4 nitrogen and oxygen atoms in total. The number of rotatable bonds is 3. The van der Waals surface area contributed by atoms with Gasteiger partial charge in [-0.25, -0.2) is 0 Å². The molecule has 0 bridgehead atoms. The zero-order valence-electron chi connectivity index (χ0n) is 9.03. The molecule has 0 saturated heterocycles. The first-order chi connectivity index (χ1) is 7.59. The minimum absolute atomic E-state index is 0.132. The Morgan fingerprint density at radius 2 is 2.19 bits per heavy atom. The predicted molar refractivity (Wildman–Crippen MR) is 58.4 cm³/mol. The number of primary amides is 1. The number of amides is 1. The van der Waals surface area contributed by atoms with Gasteiger partial charge < -0.3 is 10.5 Å². The second-order valence-electron chi connectivity index (χ2n) is 3.87. The summed E-state index contributed by atoms with van der Waals surface area (Å²) in [4.78, 5) is 22.4. The van der Waals surface area contributed by atoms with Crippen LogP contribution in [0.25, 0.3) is 0 Å². The van der Waals surface area contributed by atoms with Crippen LogP contribution in [-0.4, -0.2) is 17.8 Å². The molecule has 1 aromatic rings. The molecule has 16 heavy (non-hydrogen) atoms. The van der Waals surface area contributed by atoms with Crippen LogP contribution in [-0.2, 0) is 11.2 Å². The zero-order valence-corrected chi connectivity index (χ0v) is 9.03. The first-order valence-electron chi connectivity index (χ1n) is 5.20. The Kier molecular flexibility index (Phi) is 2.64. The number of carbonyl (C=O) groups excluding carboxylic acids is 2. The van der Waals surface area contributed by atoms with Crippen LogP contribution in [0.5, 0.6) is 5.75 Å². The fraction of sp³-hybridized carbons (Fsp3) is 0.333. The summed E-state index contributed by atoms with van der Waals surface area (Å²) in [6.45, 7) is 1.60. The molecule has 0 aromatic heterocycles. The molecule has 2 N–H and O–H groups in total. The summed E-state index contributed by atoms with van der Waals surface area (Å²) < 4.78 is 5.44. The molecule has 2 rings (SSSR count). The Labute approximate surface area is 93.4 Å². The summed E-state index contributed by atoms with van der Waals surface area (Å²) in [5.41, 5.74) is 6.72. The molecule has 1 unspecified atom stereocenters. The van der Waals surface area contributed by atoms with E-state index >= 15 is 0 Å². The van der Waals surface area contributed by atoms with Gasteiger partial charge in [0.25, 0.3) is 5.91 Å². The van der Waals surface area contributed by atoms with Crippen molar-refractivity contribution in [3.63, 3.8) is 0 Å². The van der Waals surface area contributed by atoms with Crippen LogP contribution in [0.4, 0.5) is 0 Å². The van der Waals surface area contributed by atoms with E-state index in [0.717, 1.165) is 5.56 Å². The van der Waals surface area contributed by atoms with E-state index in [9.17, 15) is 9.59 Å². The quantitative estimate of drug-likeness (QED) is 0.826. The Balaban J connectivity index is 2.30. The smallest absolute Gasteiger partial charge is 0.258 e. The van der Waals surface area contributed by atoms with Gasteiger partial charge in [0.05, 0.1) is 0 Å². The fourth-order valence-corrected chi connectivity index (χ4v) is 1.82. The summed E-state index contributed by atoms with van der Waals surface area (Å²) in [5, 5.41) is 0. The van der Waals surface area contributed by atoms with Gasteiger partial charge in [0.1, 0.15) is 5.75 Å². The normalized spacial score (nSPS) is 15.7. The molecule has 84 valence electrons. The SMILES string of the molecule is CC(Oc1cccc2c1CCC2=O)C(N)=O. The van der Waals surface area contributed by atoms with Gasteiger partial charge in [0.15, 0.2) is 11.9 Å². The Bertz CT molecular complexity index is 454. The standard InChI is InChI=1S/C12H13NO3/c1-7(12(13)15)16-11-4-2-3-8-9(11)5-6-10(8)14/h2-4,7H,5-6H2,1H3,(H2,13,15). The van der Waals surface area contributed by atoms with Crippen LogP contribution in [0.15, 0.2) is 18.2 Å². The molecule has 0 heterocycles. The second-order valence-corrected chi connectivity index (χ2v) is 3.87. The molecule has 4 heteroatoms. The lowest BCUT2D eigenvalue weighted by molar-refractivity contribution is -0.124. The van der Waals surface area contributed by atoms with Crippen LogP contribution < -0.4 is 10.5 Å². The highest BCUT2D eigenvalue weighted by atomic mass is 16.5. The highest BCUT2D eigenvalue weighted by Crippen LogP contribution is 2.30. The van der Waals surface area contributed by atoms with Crippen molar-refractivity contribution in [3.8, 4) is 5.75 Å². The van der Waals surface area contributed by atoms with E-state index < -0.39 is 12.0 Å². The molecule has 1 amide bonds. The van der Waals surface area contributed by atoms with E-state index in [1.54, 1.807) is 25.1 Å². The lowest BCUT2D eigenvalue weighted by Gasteiger charge is -2.14. The van der Waals surface area contributed by atoms with Crippen molar-refractivity contribution in [2.45, 2.75) is 25.9 Å². The van der Waals surface area contributed by atoms with Crippen molar-refractivity contribution in [2.24, 2.45) is 5.73 Å². The van der Waals surface area contributed by atoms with Gasteiger partial charge in [0.2, 0.25) is 0 Å². The van der Waals surface area contributed by atoms with E-state index in [-0.39, 0.29) is 5.78 Å². The predicted octanol–water partition coefficient (Wildman–Crippen LogP) is 1.07. The van der Waals surface area contributed by atoms with Gasteiger partial charge in [-0.15, -0.1) is 0 Å². The number of ether oxygens (including phenoxy) is 1. The van der Waals surface area contributed by atoms with Crippen LogP contribution in [0.1, 0.15) is 29.3 Å². The van der Waals surface area contributed by atoms with E-state index in [4.69, 9.17) is 10.5 Å². The first-order valence-corrected chi connectivity index (χ1v) is 5.20. The second kappa shape index (κ2) is 3.96. The molecule has 0 spiro atoms. The number of Topliss-reactive ketones (excluding diaryl/α,β-unsaturated/α-hetero) is 1. The maximum Gasteiger partial charge on any atom is 0.258 e. The maximum absolute atomic E-state index is 11.5. The number of nitrogens with two attached hydrogens (primary N) is 1. The van der Waals surface area contributed by atoms with Crippen molar-refractivity contribution in [2.75, 3.05) is 0 Å². The van der Waals surface area contributed by atoms with Crippen LogP contribution >= 0.6 is 0 Å². The lowest BCUT2D eigenvalue weighted by atomic mass is 10.1. The van der Waals surface area contributed by atoms with E-state index in [0.29, 0.717) is 24.2 Å². The average molecular weight is 219 g/mol. The summed E-state index contributed by atoms with van der Waals surface area (Å²) >= 11 is 0. The van der Waals surface area contributed by atoms with E-state index in [1.165, 1.54) is 0 Å². The Morgan fingerprint density at radius 1 is 1.44 bits per heavy atom. The summed E-state index contributed by atoms with van der Waals surface area (Å²) in [5.74, 6) is 0.212. The van der Waals surface area contributed by atoms with Gasteiger partial charge in [-0.1, -0.05) is 12.1 Å². The number of hydrogen-bond donors (Lipinski definition) is 1. The van der Waals surface area contributed by atoms with Crippen molar-refractivity contribution < 1.29 is 14.3 Å². The Hall–Kier alpha value is -1.84. The van der Waals surface area contributed by atoms with Gasteiger partial charge in [-0.2, -0.15) is 0 Å². The number of hydrogen-bond acceptors (Lipinski definition) is 3. The van der Waals surface area contributed by atoms with E-state index in [2.05, 4.69) is 0 Å². The molecular formula is C12H13NO3. The molecule has 1 aliphatic rings. The van der Waals surface area contributed by atoms with E-state index in [1.807, 2.05) is 0 Å². The molecule has 0 aliphatic heterocycles. The van der Waals surface area contributed by atoms with Crippen LogP contribution in [0.2, 0.25) is 0 Å². The summed E-state index contributed by atoms with van der Waals surface area (Å²) in [7, 11) is 0. The largest absolute Gasteiger partial charge is 0.481 e. The van der Waals surface area contributed by atoms with Gasteiger partial charge in [-0.3, -0.25) is 9.59 Å². The monoisotopic (exact) mass is 219 g/mol. The third-order valence-electron chi connectivity index (χ3n) is 2.74. The van der Waals surface area contributed by atoms with Gasteiger partial charge in [-0.05, 0) is 19.4 Å². The number of ketones is 1. The van der Waals surface area contributed by atoms with Crippen LogP contribution in [0, 0.1) is 0 Å². The molecular weight excluding hydrogens is 206 g/mol. The third kappa shape index (κ3) is 1.78. The first kappa shape index (κ1) is 10.7.